The molecule has 0 unspecified atom stereocenters. The SMILES string of the molecule is C=C(c1ccc(Cl)cc1)N1CCc2nc(-c3ccccn3)ncc2C1. The maximum absolute atomic E-state index is 5.97. The molecule has 1 aliphatic heterocycles. The molecule has 0 amide bonds. The van der Waals surface area contributed by atoms with Crippen molar-refractivity contribution in [2.45, 2.75) is 13.0 Å². The fraction of sp³-hybridized carbons (Fsp3) is 0.150. The number of halogens is 1. The molecule has 0 atom stereocenters. The third-order valence-corrected chi connectivity index (χ3v) is 4.64. The van der Waals surface area contributed by atoms with Gasteiger partial charge in [0.2, 0.25) is 0 Å². The molecule has 0 saturated heterocycles. The zero-order valence-corrected chi connectivity index (χ0v) is 14.4. The van der Waals surface area contributed by atoms with Crippen molar-refractivity contribution in [2.75, 3.05) is 6.54 Å². The highest BCUT2D eigenvalue weighted by Crippen LogP contribution is 2.26. The second-order valence-electron chi connectivity index (χ2n) is 6.01. The zero-order chi connectivity index (χ0) is 17.2. The third-order valence-electron chi connectivity index (χ3n) is 4.39. The summed E-state index contributed by atoms with van der Waals surface area (Å²) in [6.07, 6.45) is 4.54. The third kappa shape index (κ3) is 3.26. The van der Waals surface area contributed by atoms with E-state index in [2.05, 4.69) is 21.4 Å². The monoisotopic (exact) mass is 348 g/mol. The lowest BCUT2D eigenvalue weighted by Crippen LogP contribution is -2.29. The summed E-state index contributed by atoms with van der Waals surface area (Å²) < 4.78 is 0. The molecule has 0 bridgehead atoms. The van der Waals surface area contributed by atoms with E-state index in [0.29, 0.717) is 5.82 Å². The molecule has 2 aromatic heterocycles. The minimum absolute atomic E-state index is 0.685. The molecule has 0 spiro atoms. The minimum Gasteiger partial charge on any atom is -0.367 e. The lowest BCUT2D eigenvalue weighted by molar-refractivity contribution is 0.369. The van der Waals surface area contributed by atoms with Crippen LogP contribution in [0.25, 0.3) is 17.2 Å². The van der Waals surface area contributed by atoms with Gasteiger partial charge in [0.05, 0.1) is 5.69 Å². The van der Waals surface area contributed by atoms with Crippen LogP contribution >= 0.6 is 11.6 Å². The van der Waals surface area contributed by atoms with Gasteiger partial charge in [0, 0.05) is 48.2 Å². The van der Waals surface area contributed by atoms with Crippen molar-refractivity contribution in [2.24, 2.45) is 0 Å². The topological polar surface area (TPSA) is 41.9 Å². The lowest BCUT2D eigenvalue weighted by Gasteiger charge is -2.31. The molecule has 25 heavy (non-hydrogen) atoms. The molecular weight excluding hydrogens is 332 g/mol. The van der Waals surface area contributed by atoms with E-state index in [1.165, 1.54) is 0 Å². The van der Waals surface area contributed by atoms with Gasteiger partial charge in [-0.05, 0) is 29.8 Å². The van der Waals surface area contributed by atoms with Gasteiger partial charge >= 0.3 is 0 Å². The van der Waals surface area contributed by atoms with E-state index in [4.69, 9.17) is 16.6 Å². The van der Waals surface area contributed by atoms with Gasteiger partial charge in [-0.1, -0.05) is 36.4 Å². The highest BCUT2D eigenvalue weighted by atomic mass is 35.5. The lowest BCUT2D eigenvalue weighted by atomic mass is 10.0. The van der Waals surface area contributed by atoms with Gasteiger partial charge in [-0.2, -0.15) is 0 Å². The van der Waals surface area contributed by atoms with Crippen LogP contribution in [0.2, 0.25) is 5.02 Å². The predicted molar refractivity (Wildman–Crippen MR) is 99.9 cm³/mol. The smallest absolute Gasteiger partial charge is 0.178 e. The van der Waals surface area contributed by atoms with Crippen molar-refractivity contribution in [3.8, 4) is 11.5 Å². The first-order valence-electron chi connectivity index (χ1n) is 8.17. The fourth-order valence-electron chi connectivity index (χ4n) is 2.99. The van der Waals surface area contributed by atoms with Crippen molar-refractivity contribution in [1.29, 1.82) is 0 Å². The molecule has 1 aromatic carbocycles. The number of hydrogen-bond donors (Lipinski definition) is 0. The van der Waals surface area contributed by atoms with E-state index in [9.17, 15) is 0 Å². The van der Waals surface area contributed by atoms with Crippen molar-refractivity contribution < 1.29 is 0 Å². The summed E-state index contributed by atoms with van der Waals surface area (Å²) in [5, 5.41) is 0.732. The zero-order valence-electron chi connectivity index (χ0n) is 13.7. The van der Waals surface area contributed by atoms with Gasteiger partial charge in [-0.3, -0.25) is 4.98 Å². The van der Waals surface area contributed by atoms with Gasteiger partial charge in [0.25, 0.3) is 0 Å². The first-order chi connectivity index (χ1) is 12.2. The summed E-state index contributed by atoms with van der Waals surface area (Å²) in [5.41, 5.74) is 5.12. The van der Waals surface area contributed by atoms with Crippen LogP contribution in [0.4, 0.5) is 0 Å². The van der Waals surface area contributed by atoms with Crippen LogP contribution < -0.4 is 0 Å². The van der Waals surface area contributed by atoms with Crippen LogP contribution in [-0.4, -0.2) is 26.4 Å². The summed E-state index contributed by atoms with van der Waals surface area (Å²) in [6, 6.07) is 13.6. The molecule has 1 aliphatic rings. The molecule has 4 rings (SSSR count). The Labute approximate surface area is 151 Å². The quantitative estimate of drug-likeness (QED) is 0.710. The number of aromatic nitrogens is 3. The summed E-state index contributed by atoms with van der Waals surface area (Å²) >= 11 is 5.97. The normalized spacial score (nSPS) is 13.4. The van der Waals surface area contributed by atoms with Gasteiger partial charge < -0.3 is 4.90 Å². The molecule has 5 heteroatoms. The molecule has 0 N–H and O–H groups in total. The van der Waals surface area contributed by atoms with Crippen LogP contribution in [0.15, 0.2) is 61.4 Å². The van der Waals surface area contributed by atoms with Gasteiger partial charge in [0.15, 0.2) is 5.82 Å². The summed E-state index contributed by atoms with van der Waals surface area (Å²) in [5.74, 6) is 0.685. The summed E-state index contributed by atoms with van der Waals surface area (Å²) in [4.78, 5) is 15.8. The van der Waals surface area contributed by atoms with Gasteiger partial charge in [0.1, 0.15) is 5.69 Å². The number of nitrogens with zero attached hydrogens (tertiary/aromatic N) is 4. The Morgan fingerprint density at radius 2 is 1.92 bits per heavy atom. The molecule has 0 saturated carbocycles. The van der Waals surface area contributed by atoms with Crippen LogP contribution in [0.1, 0.15) is 16.8 Å². The Morgan fingerprint density at radius 1 is 1.08 bits per heavy atom. The molecule has 4 nitrogen and oxygen atoms in total. The number of hydrogen-bond acceptors (Lipinski definition) is 4. The molecule has 0 aliphatic carbocycles. The fourth-order valence-corrected chi connectivity index (χ4v) is 3.12. The predicted octanol–water partition coefficient (Wildman–Crippen LogP) is 4.22. The molecule has 0 fully saturated rings. The van der Waals surface area contributed by atoms with Crippen LogP contribution in [0.5, 0.6) is 0 Å². The maximum Gasteiger partial charge on any atom is 0.178 e. The van der Waals surface area contributed by atoms with Crippen molar-refractivity contribution in [3.63, 3.8) is 0 Å². The van der Waals surface area contributed by atoms with E-state index in [1.807, 2.05) is 48.7 Å². The molecule has 3 heterocycles. The van der Waals surface area contributed by atoms with E-state index >= 15 is 0 Å². The van der Waals surface area contributed by atoms with Crippen LogP contribution in [0.3, 0.4) is 0 Å². The average molecular weight is 349 g/mol. The second kappa shape index (κ2) is 6.65. The number of pyridine rings is 1. The van der Waals surface area contributed by atoms with Crippen molar-refractivity contribution in [1.82, 2.24) is 19.9 Å². The molecular formula is C20H17ClN4. The van der Waals surface area contributed by atoms with Gasteiger partial charge in [-0.15, -0.1) is 0 Å². The highest BCUT2D eigenvalue weighted by molar-refractivity contribution is 6.30. The Kier molecular flexibility index (Phi) is 4.20. The Bertz CT molecular complexity index is 907. The molecule has 0 radical (unpaired) electrons. The Morgan fingerprint density at radius 3 is 2.68 bits per heavy atom. The van der Waals surface area contributed by atoms with Gasteiger partial charge in [-0.25, -0.2) is 9.97 Å². The Balaban J connectivity index is 1.55. The van der Waals surface area contributed by atoms with Crippen LogP contribution in [-0.2, 0) is 13.0 Å². The van der Waals surface area contributed by atoms with E-state index < -0.39 is 0 Å². The molecule has 124 valence electrons. The van der Waals surface area contributed by atoms with Crippen molar-refractivity contribution in [3.05, 3.63) is 83.3 Å². The van der Waals surface area contributed by atoms with E-state index in [0.717, 1.165) is 52.7 Å². The summed E-state index contributed by atoms with van der Waals surface area (Å²) in [7, 11) is 0. The number of benzene rings is 1. The van der Waals surface area contributed by atoms with Crippen molar-refractivity contribution >= 4 is 17.3 Å². The maximum atomic E-state index is 5.97. The summed E-state index contributed by atoms with van der Waals surface area (Å²) in [6.45, 7) is 5.89. The first kappa shape index (κ1) is 15.8. The van der Waals surface area contributed by atoms with E-state index in [-0.39, 0.29) is 0 Å². The van der Waals surface area contributed by atoms with Crippen LogP contribution in [0, 0.1) is 0 Å². The highest BCUT2D eigenvalue weighted by Gasteiger charge is 2.20. The Hall–Kier alpha value is -2.72. The standard InChI is InChI=1S/C20H17ClN4/c1-14(15-5-7-17(21)8-6-15)25-11-9-18-16(13-25)12-23-20(24-18)19-4-2-3-10-22-19/h2-8,10,12H,1,9,11,13H2. The largest absolute Gasteiger partial charge is 0.367 e. The van der Waals surface area contributed by atoms with E-state index in [1.54, 1.807) is 6.20 Å². The second-order valence-corrected chi connectivity index (χ2v) is 6.44. The first-order valence-corrected chi connectivity index (χ1v) is 8.54. The molecule has 3 aromatic rings. The number of fused-ring (bicyclic) bond motifs is 1. The average Bonchev–Trinajstić information content (AvgIpc) is 2.68. The number of rotatable bonds is 3. The minimum atomic E-state index is 0.685.